The summed E-state index contributed by atoms with van der Waals surface area (Å²) >= 11 is 0. The average Bonchev–Trinajstić information content (AvgIpc) is 2.76. The van der Waals surface area contributed by atoms with Crippen LogP contribution in [-0.2, 0) is 10.0 Å². The molecule has 1 aromatic carbocycles. The molecule has 0 saturated heterocycles. The molecule has 0 unspecified atom stereocenters. The van der Waals surface area contributed by atoms with Gasteiger partial charge in [-0.1, -0.05) is 0 Å². The molecule has 0 spiro atoms. The van der Waals surface area contributed by atoms with Crippen molar-refractivity contribution < 1.29 is 12.8 Å². The first kappa shape index (κ1) is 11.4. The van der Waals surface area contributed by atoms with Crippen LogP contribution in [0.1, 0.15) is 0 Å². The number of hydrogen-bond donors (Lipinski definition) is 3. The fraction of sp³-hybridized carbons (Fsp3) is 0. The van der Waals surface area contributed by atoms with Gasteiger partial charge in [-0.3, -0.25) is 9.82 Å². The molecule has 0 bridgehead atoms. The maximum Gasteiger partial charge on any atom is 0.278 e. The second-order valence-corrected chi connectivity index (χ2v) is 4.92. The maximum absolute atomic E-state index is 13.4. The Morgan fingerprint density at radius 1 is 1.35 bits per heavy atom. The van der Waals surface area contributed by atoms with Crippen molar-refractivity contribution in [3.63, 3.8) is 0 Å². The molecule has 4 N–H and O–H groups in total. The lowest BCUT2D eigenvalue weighted by molar-refractivity contribution is 0.594. The van der Waals surface area contributed by atoms with Gasteiger partial charge in [-0.2, -0.15) is 13.5 Å². The standard InChI is InChI=1S/C9H9FN4O2S/c10-7-5-6(11)1-2-8(7)14-17(15,16)9-3-4-12-13-9/h1-5,14H,11H2,(H,12,13). The Balaban J connectivity index is 2.33. The third-order valence-electron chi connectivity index (χ3n) is 2.00. The van der Waals surface area contributed by atoms with Crippen LogP contribution in [0, 0.1) is 5.82 Å². The van der Waals surface area contributed by atoms with Gasteiger partial charge in [-0.15, -0.1) is 0 Å². The van der Waals surface area contributed by atoms with E-state index in [0.717, 1.165) is 6.07 Å². The highest BCUT2D eigenvalue weighted by Gasteiger charge is 2.17. The first-order valence-corrected chi connectivity index (χ1v) is 6.04. The van der Waals surface area contributed by atoms with Crippen molar-refractivity contribution in [3.8, 4) is 0 Å². The summed E-state index contributed by atoms with van der Waals surface area (Å²) < 4.78 is 38.9. The Kier molecular flexibility index (Phi) is 2.72. The predicted octanol–water partition coefficient (Wildman–Crippen LogP) is 0.932. The predicted molar refractivity (Wildman–Crippen MR) is 60.2 cm³/mol. The van der Waals surface area contributed by atoms with Crippen LogP contribution >= 0.6 is 0 Å². The van der Waals surface area contributed by atoms with Crippen LogP contribution < -0.4 is 10.5 Å². The van der Waals surface area contributed by atoms with Gasteiger partial charge in [0.2, 0.25) is 0 Å². The Morgan fingerprint density at radius 2 is 2.12 bits per heavy atom. The minimum atomic E-state index is -3.85. The number of benzene rings is 1. The van der Waals surface area contributed by atoms with Crippen LogP contribution in [0.25, 0.3) is 0 Å². The molecule has 1 heterocycles. The number of sulfonamides is 1. The van der Waals surface area contributed by atoms with Gasteiger partial charge >= 0.3 is 0 Å². The molecule has 8 heteroatoms. The third kappa shape index (κ3) is 2.36. The first-order valence-electron chi connectivity index (χ1n) is 4.56. The molecule has 2 aromatic rings. The number of rotatable bonds is 3. The molecular formula is C9H9FN4O2S. The fourth-order valence-electron chi connectivity index (χ4n) is 1.21. The summed E-state index contributed by atoms with van der Waals surface area (Å²) in [5, 5.41) is 5.64. The number of anilines is 2. The summed E-state index contributed by atoms with van der Waals surface area (Å²) in [5.74, 6) is -0.743. The number of nitrogens with one attached hydrogen (secondary N) is 2. The summed E-state index contributed by atoms with van der Waals surface area (Å²) in [7, 11) is -3.85. The summed E-state index contributed by atoms with van der Waals surface area (Å²) in [6, 6.07) is 4.94. The Hall–Kier alpha value is -2.09. The van der Waals surface area contributed by atoms with Gasteiger partial charge in [-0.05, 0) is 24.3 Å². The second-order valence-electron chi connectivity index (χ2n) is 3.27. The zero-order valence-electron chi connectivity index (χ0n) is 8.51. The van der Waals surface area contributed by atoms with Gasteiger partial charge in [0.05, 0.1) is 11.9 Å². The Morgan fingerprint density at radius 3 is 2.71 bits per heavy atom. The maximum atomic E-state index is 13.4. The molecule has 90 valence electrons. The van der Waals surface area contributed by atoms with Gasteiger partial charge in [0, 0.05) is 5.69 Å². The van der Waals surface area contributed by atoms with Crippen LogP contribution in [0.2, 0.25) is 0 Å². The highest BCUT2D eigenvalue weighted by Crippen LogP contribution is 2.19. The summed E-state index contributed by atoms with van der Waals surface area (Å²) in [5.41, 5.74) is 5.39. The highest BCUT2D eigenvalue weighted by molar-refractivity contribution is 7.92. The number of nitrogen functional groups attached to an aromatic ring is 1. The third-order valence-corrected chi connectivity index (χ3v) is 3.30. The normalized spacial score (nSPS) is 11.4. The molecule has 0 aliphatic carbocycles. The Bertz CT molecular complexity index is 624. The molecule has 0 radical (unpaired) electrons. The number of halogens is 1. The van der Waals surface area contributed by atoms with Crippen molar-refractivity contribution in [2.24, 2.45) is 0 Å². The van der Waals surface area contributed by atoms with Crippen LogP contribution in [0.15, 0.2) is 35.5 Å². The molecule has 17 heavy (non-hydrogen) atoms. The van der Waals surface area contributed by atoms with Crippen LogP contribution in [0.5, 0.6) is 0 Å². The number of nitrogens with two attached hydrogens (primary N) is 1. The molecule has 0 saturated carbocycles. The molecule has 0 atom stereocenters. The van der Waals surface area contributed by atoms with Gasteiger partial charge in [-0.25, -0.2) is 4.39 Å². The lowest BCUT2D eigenvalue weighted by Crippen LogP contribution is -2.14. The zero-order chi connectivity index (χ0) is 12.5. The van der Waals surface area contributed by atoms with Crippen molar-refractivity contribution in [3.05, 3.63) is 36.3 Å². The highest BCUT2D eigenvalue weighted by atomic mass is 32.2. The van der Waals surface area contributed by atoms with Crippen molar-refractivity contribution in [1.29, 1.82) is 0 Å². The zero-order valence-corrected chi connectivity index (χ0v) is 9.33. The van der Waals surface area contributed by atoms with E-state index in [1.54, 1.807) is 0 Å². The molecule has 2 rings (SSSR count). The minimum absolute atomic E-state index is 0.145. The molecular weight excluding hydrogens is 247 g/mol. The van der Waals surface area contributed by atoms with E-state index in [4.69, 9.17) is 5.73 Å². The van der Waals surface area contributed by atoms with E-state index in [1.807, 2.05) is 0 Å². The SMILES string of the molecule is Nc1ccc(NS(=O)(=O)c2ccn[nH]2)c(F)c1. The van der Waals surface area contributed by atoms with Crippen LogP contribution in [-0.4, -0.2) is 18.6 Å². The largest absolute Gasteiger partial charge is 0.399 e. The van der Waals surface area contributed by atoms with Crippen molar-refractivity contribution in [2.45, 2.75) is 5.03 Å². The second kappa shape index (κ2) is 4.06. The van der Waals surface area contributed by atoms with Crippen molar-refractivity contribution >= 4 is 21.4 Å². The molecule has 0 aliphatic rings. The molecule has 0 amide bonds. The lowest BCUT2D eigenvalue weighted by Gasteiger charge is -2.07. The quantitative estimate of drug-likeness (QED) is 0.711. The minimum Gasteiger partial charge on any atom is -0.399 e. The Labute approximate surface area is 96.7 Å². The number of H-pyrrole nitrogens is 1. The molecule has 6 nitrogen and oxygen atoms in total. The van der Waals surface area contributed by atoms with Gasteiger partial charge < -0.3 is 5.73 Å². The molecule has 0 fully saturated rings. The summed E-state index contributed by atoms with van der Waals surface area (Å²) in [6.45, 7) is 0. The van der Waals surface area contributed by atoms with Gasteiger partial charge in [0.15, 0.2) is 5.03 Å². The topological polar surface area (TPSA) is 101 Å². The first-order chi connectivity index (χ1) is 7.99. The smallest absolute Gasteiger partial charge is 0.278 e. The molecule has 1 aromatic heterocycles. The monoisotopic (exact) mass is 256 g/mol. The summed E-state index contributed by atoms with van der Waals surface area (Å²) in [6.07, 6.45) is 1.29. The van der Waals surface area contributed by atoms with Gasteiger partial charge in [0.25, 0.3) is 10.0 Å². The van der Waals surface area contributed by atoms with Gasteiger partial charge in [0.1, 0.15) is 5.82 Å². The number of hydrogen-bond acceptors (Lipinski definition) is 4. The van der Waals surface area contributed by atoms with E-state index in [2.05, 4.69) is 14.9 Å². The van der Waals surface area contributed by atoms with E-state index in [0.29, 0.717) is 0 Å². The fourth-order valence-corrected chi connectivity index (χ4v) is 2.18. The van der Waals surface area contributed by atoms with E-state index in [-0.39, 0.29) is 16.4 Å². The van der Waals surface area contributed by atoms with E-state index in [1.165, 1.54) is 24.4 Å². The van der Waals surface area contributed by atoms with Crippen molar-refractivity contribution in [1.82, 2.24) is 10.2 Å². The average molecular weight is 256 g/mol. The van der Waals surface area contributed by atoms with E-state index in [9.17, 15) is 12.8 Å². The molecule has 0 aliphatic heterocycles. The number of aromatic nitrogens is 2. The summed E-state index contributed by atoms with van der Waals surface area (Å²) in [4.78, 5) is 0. The number of nitrogens with zero attached hydrogens (tertiary/aromatic N) is 1. The lowest BCUT2D eigenvalue weighted by atomic mass is 10.3. The van der Waals surface area contributed by atoms with Crippen molar-refractivity contribution in [2.75, 3.05) is 10.5 Å². The van der Waals surface area contributed by atoms with E-state index < -0.39 is 15.8 Å². The van der Waals surface area contributed by atoms with Crippen LogP contribution in [0.3, 0.4) is 0 Å². The van der Waals surface area contributed by atoms with E-state index >= 15 is 0 Å². The number of aromatic amines is 1. The van der Waals surface area contributed by atoms with Crippen LogP contribution in [0.4, 0.5) is 15.8 Å².